The summed E-state index contributed by atoms with van der Waals surface area (Å²) in [6.07, 6.45) is 3.76. The quantitative estimate of drug-likeness (QED) is 0.801. The van der Waals surface area contributed by atoms with E-state index < -0.39 is 0 Å². The third kappa shape index (κ3) is 2.44. The fourth-order valence-electron chi connectivity index (χ4n) is 3.03. The monoisotopic (exact) mass is 318 g/mol. The second-order valence-electron chi connectivity index (χ2n) is 5.77. The summed E-state index contributed by atoms with van der Waals surface area (Å²) in [4.78, 5) is 4.35. The maximum atomic E-state index is 5.34. The fourth-order valence-corrected chi connectivity index (χ4v) is 3.03. The molecular formula is C19H18N4O. The van der Waals surface area contributed by atoms with Gasteiger partial charge in [0.1, 0.15) is 18.1 Å². The number of allylic oxidation sites excluding steroid dienone is 1. The normalized spacial score (nSPS) is 16.1. The van der Waals surface area contributed by atoms with Gasteiger partial charge in [0, 0.05) is 11.3 Å². The van der Waals surface area contributed by atoms with E-state index in [-0.39, 0.29) is 6.04 Å². The largest absolute Gasteiger partial charge is 0.497 e. The van der Waals surface area contributed by atoms with Crippen LogP contribution in [-0.2, 0) is 0 Å². The zero-order valence-electron chi connectivity index (χ0n) is 13.6. The first-order valence-corrected chi connectivity index (χ1v) is 7.84. The Morgan fingerprint density at radius 1 is 1.12 bits per heavy atom. The van der Waals surface area contributed by atoms with Crippen molar-refractivity contribution in [1.29, 1.82) is 0 Å². The molecule has 0 saturated carbocycles. The Balaban J connectivity index is 1.83. The standard InChI is InChI=1S/C19H18N4O/c1-13-6-3-4-9-16(13)18-11-17(22-19-20-12-21-23(18)19)14-7-5-8-15(10-14)24-2/h3-12,18H,1-2H3,(H,20,21,22). The second kappa shape index (κ2) is 5.85. The number of nitrogens with zero attached hydrogens (tertiary/aromatic N) is 3. The number of rotatable bonds is 3. The highest BCUT2D eigenvalue weighted by Gasteiger charge is 2.24. The van der Waals surface area contributed by atoms with Gasteiger partial charge in [0.15, 0.2) is 0 Å². The Hall–Kier alpha value is -3.08. The van der Waals surface area contributed by atoms with Gasteiger partial charge in [0.25, 0.3) is 0 Å². The topological polar surface area (TPSA) is 52.0 Å². The molecule has 1 aliphatic heterocycles. The minimum atomic E-state index is 0.00570. The maximum absolute atomic E-state index is 5.34. The van der Waals surface area contributed by atoms with Gasteiger partial charge in [-0.3, -0.25) is 0 Å². The summed E-state index contributed by atoms with van der Waals surface area (Å²) in [6, 6.07) is 16.4. The number of methoxy groups -OCH3 is 1. The summed E-state index contributed by atoms with van der Waals surface area (Å²) in [5, 5.41) is 7.75. The third-order valence-electron chi connectivity index (χ3n) is 4.30. The smallest absolute Gasteiger partial charge is 0.226 e. The Morgan fingerprint density at radius 3 is 2.83 bits per heavy atom. The van der Waals surface area contributed by atoms with E-state index in [1.807, 2.05) is 22.9 Å². The number of benzene rings is 2. The average Bonchev–Trinajstić information content (AvgIpc) is 3.10. The first-order chi connectivity index (χ1) is 11.8. The van der Waals surface area contributed by atoms with Crippen molar-refractivity contribution >= 4 is 11.6 Å². The number of aryl methyl sites for hydroxylation is 1. The molecule has 1 atom stereocenters. The zero-order chi connectivity index (χ0) is 16.5. The van der Waals surface area contributed by atoms with Crippen LogP contribution in [-0.4, -0.2) is 21.9 Å². The van der Waals surface area contributed by atoms with Crippen LogP contribution in [0.15, 0.2) is 60.9 Å². The van der Waals surface area contributed by atoms with Gasteiger partial charge >= 0.3 is 0 Å². The van der Waals surface area contributed by atoms with Gasteiger partial charge in [-0.25, -0.2) is 4.68 Å². The van der Waals surface area contributed by atoms with Crippen LogP contribution >= 0.6 is 0 Å². The van der Waals surface area contributed by atoms with Crippen molar-refractivity contribution in [3.05, 3.63) is 77.6 Å². The number of fused-ring (bicyclic) bond motifs is 1. The molecule has 2 heterocycles. The molecule has 3 aromatic rings. The Bertz CT molecular complexity index is 913. The van der Waals surface area contributed by atoms with Crippen LogP contribution in [0.1, 0.15) is 22.7 Å². The van der Waals surface area contributed by atoms with Crippen LogP contribution in [0.25, 0.3) is 5.70 Å². The Labute approximate surface area is 140 Å². The van der Waals surface area contributed by atoms with Crippen molar-refractivity contribution in [2.45, 2.75) is 13.0 Å². The zero-order valence-corrected chi connectivity index (χ0v) is 13.6. The lowest BCUT2D eigenvalue weighted by atomic mass is 9.98. The molecule has 5 nitrogen and oxygen atoms in total. The molecular weight excluding hydrogens is 300 g/mol. The SMILES string of the molecule is COc1cccc(C2=CC(c3ccccc3C)n3ncnc3N2)c1. The summed E-state index contributed by atoms with van der Waals surface area (Å²) in [5.41, 5.74) is 4.50. The fraction of sp³-hybridized carbons (Fsp3) is 0.158. The summed E-state index contributed by atoms with van der Waals surface area (Å²) in [7, 11) is 1.68. The summed E-state index contributed by atoms with van der Waals surface area (Å²) in [5.74, 6) is 1.57. The molecule has 0 fully saturated rings. The van der Waals surface area contributed by atoms with E-state index in [9.17, 15) is 0 Å². The van der Waals surface area contributed by atoms with E-state index in [2.05, 4.69) is 58.7 Å². The summed E-state index contributed by atoms with van der Waals surface area (Å²) in [6.45, 7) is 2.12. The molecule has 0 radical (unpaired) electrons. The van der Waals surface area contributed by atoms with Crippen molar-refractivity contribution in [2.24, 2.45) is 0 Å². The molecule has 2 aromatic carbocycles. The molecule has 24 heavy (non-hydrogen) atoms. The Morgan fingerprint density at radius 2 is 2.00 bits per heavy atom. The van der Waals surface area contributed by atoms with Gasteiger partial charge in [0.2, 0.25) is 5.95 Å². The van der Waals surface area contributed by atoms with E-state index in [1.165, 1.54) is 11.1 Å². The van der Waals surface area contributed by atoms with Gasteiger partial charge in [0.05, 0.1) is 7.11 Å². The number of hydrogen-bond donors (Lipinski definition) is 1. The molecule has 1 N–H and O–H groups in total. The first kappa shape index (κ1) is 14.5. The maximum Gasteiger partial charge on any atom is 0.226 e. The first-order valence-electron chi connectivity index (χ1n) is 7.84. The number of aromatic nitrogens is 3. The summed E-state index contributed by atoms with van der Waals surface area (Å²) < 4.78 is 7.25. The van der Waals surface area contributed by atoms with E-state index in [0.717, 1.165) is 23.0 Å². The predicted octanol–water partition coefficient (Wildman–Crippen LogP) is 3.65. The van der Waals surface area contributed by atoms with Crippen molar-refractivity contribution in [2.75, 3.05) is 12.4 Å². The lowest BCUT2D eigenvalue weighted by Crippen LogP contribution is -2.20. The van der Waals surface area contributed by atoms with Crippen molar-refractivity contribution in [1.82, 2.24) is 14.8 Å². The molecule has 120 valence electrons. The highest BCUT2D eigenvalue weighted by Crippen LogP contribution is 2.33. The molecule has 1 aliphatic rings. The van der Waals surface area contributed by atoms with E-state index >= 15 is 0 Å². The van der Waals surface area contributed by atoms with Gasteiger partial charge in [-0.15, -0.1) is 0 Å². The second-order valence-corrected chi connectivity index (χ2v) is 5.77. The van der Waals surface area contributed by atoms with Crippen molar-refractivity contribution in [3.8, 4) is 5.75 Å². The lowest BCUT2D eigenvalue weighted by Gasteiger charge is -2.25. The molecule has 0 saturated heterocycles. The average molecular weight is 318 g/mol. The molecule has 0 bridgehead atoms. The highest BCUT2D eigenvalue weighted by atomic mass is 16.5. The minimum absolute atomic E-state index is 0.00570. The summed E-state index contributed by atoms with van der Waals surface area (Å²) >= 11 is 0. The minimum Gasteiger partial charge on any atom is -0.497 e. The van der Waals surface area contributed by atoms with Crippen molar-refractivity contribution in [3.63, 3.8) is 0 Å². The highest BCUT2D eigenvalue weighted by molar-refractivity contribution is 5.77. The van der Waals surface area contributed by atoms with Crippen LogP contribution in [0.3, 0.4) is 0 Å². The number of ether oxygens (including phenoxy) is 1. The molecule has 0 amide bonds. The van der Waals surface area contributed by atoms with Crippen LogP contribution in [0.4, 0.5) is 5.95 Å². The van der Waals surface area contributed by atoms with Crippen LogP contribution in [0.5, 0.6) is 5.75 Å². The number of nitrogens with one attached hydrogen (secondary N) is 1. The van der Waals surface area contributed by atoms with E-state index in [1.54, 1.807) is 13.4 Å². The van der Waals surface area contributed by atoms with Gasteiger partial charge in [-0.2, -0.15) is 10.1 Å². The molecule has 5 heteroatoms. The van der Waals surface area contributed by atoms with Gasteiger partial charge in [-0.1, -0.05) is 36.4 Å². The molecule has 0 aliphatic carbocycles. The number of anilines is 1. The van der Waals surface area contributed by atoms with Crippen LogP contribution in [0, 0.1) is 6.92 Å². The van der Waals surface area contributed by atoms with Gasteiger partial charge < -0.3 is 10.1 Å². The lowest BCUT2D eigenvalue weighted by molar-refractivity contribution is 0.414. The predicted molar refractivity (Wildman–Crippen MR) is 93.9 cm³/mol. The van der Waals surface area contributed by atoms with E-state index in [4.69, 9.17) is 4.74 Å². The Kier molecular flexibility index (Phi) is 3.54. The van der Waals surface area contributed by atoms with Crippen LogP contribution < -0.4 is 10.1 Å². The van der Waals surface area contributed by atoms with Gasteiger partial charge in [-0.05, 0) is 36.3 Å². The van der Waals surface area contributed by atoms with Crippen molar-refractivity contribution < 1.29 is 4.74 Å². The van der Waals surface area contributed by atoms with Crippen LogP contribution in [0.2, 0.25) is 0 Å². The molecule has 4 rings (SSSR count). The molecule has 1 unspecified atom stereocenters. The molecule has 1 aromatic heterocycles. The molecule has 0 spiro atoms. The number of hydrogen-bond acceptors (Lipinski definition) is 4. The third-order valence-corrected chi connectivity index (χ3v) is 4.30. The van der Waals surface area contributed by atoms with E-state index in [0.29, 0.717) is 0 Å².